The molecule has 0 amide bonds. The Labute approximate surface area is 146 Å². The molecule has 0 N–H and O–H groups in total. The van der Waals surface area contributed by atoms with Gasteiger partial charge in [0, 0.05) is 35.0 Å². The van der Waals surface area contributed by atoms with Crippen LogP contribution < -0.4 is 4.74 Å². The van der Waals surface area contributed by atoms with E-state index in [1.807, 2.05) is 0 Å². The first-order chi connectivity index (χ1) is 12.1. The van der Waals surface area contributed by atoms with Crippen LogP contribution in [-0.4, -0.2) is 27.3 Å². The molecule has 25 heavy (non-hydrogen) atoms. The SMILES string of the molecule is COc1cccc(-c2nnc(SC(=O)c3ccc([N+](=O)[O-])cc3)o2)c1. The van der Waals surface area contributed by atoms with Gasteiger partial charge < -0.3 is 9.15 Å². The fraction of sp³-hybridized carbons (Fsp3) is 0.0625. The quantitative estimate of drug-likeness (QED) is 0.387. The molecule has 9 heteroatoms. The lowest BCUT2D eigenvalue weighted by molar-refractivity contribution is -0.384. The lowest BCUT2D eigenvalue weighted by Crippen LogP contribution is -1.94. The number of carbonyl (C=O) groups excluding carboxylic acids is 1. The summed E-state index contributed by atoms with van der Waals surface area (Å²) in [5, 5.41) is 18.1. The lowest BCUT2D eigenvalue weighted by atomic mass is 10.2. The summed E-state index contributed by atoms with van der Waals surface area (Å²) in [5.74, 6) is 0.907. The summed E-state index contributed by atoms with van der Waals surface area (Å²) in [6, 6.07) is 12.4. The van der Waals surface area contributed by atoms with E-state index in [2.05, 4.69) is 10.2 Å². The van der Waals surface area contributed by atoms with Crippen LogP contribution in [0.1, 0.15) is 10.4 Å². The molecule has 2 aromatic carbocycles. The van der Waals surface area contributed by atoms with Gasteiger partial charge in [-0.1, -0.05) is 6.07 Å². The van der Waals surface area contributed by atoms with Gasteiger partial charge in [-0.2, -0.15) is 0 Å². The van der Waals surface area contributed by atoms with Gasteiger partial charge in [0.1, 0.15) is 5.75 Å². The molecule has 3 rings (SSSR count). The third-order valence-corrected chi connectivity index (χ3v) is 3.98. The van der Waals surface area contributed by atoms with E-state index < -0.39 is 4.92 Å². The minimum atomic E-state index is -0.528. The zero-order valence-electron chi connectivity index (χ0n) is 12.9. The second-order valence-corrected chi connectivity index (χ2v) is 5.72. The summed E-state index contributed by atoms with van der Waals surface area (Å²) in [7, 11) is 1.55. The van der Waals surface area contributed by atoms with Crippen LogP contribution in [0.25, 0.3) is 11.5 Å². The van der Waals surface area contributed by atoms with E-state index in [1.54, 1.807) is 31.4 Å². The minimum Gasteiger partial charge on any atom is -0.497 e. The Morgan fingerprint density at radius 1 is 1.20 bits per heavy atom. The van der Waals surface area contributed by atoms with Gasteiger partial charge in [0.25, 0.3) is 10.9 Å². The van der Waals surface area contributed by atoms with Gasteiger partial charge in [-0.05, 0) is 30.3 Å². The first-order valence-electron chi connectivity index (χ1n) is 7.01. The number of hydrogen-bond donors (Lipinski definition) is 0. The molecule has 0 aliphatic carbocycles. The third-order valence-electron chi connectivity index (χ3n) is 3.22. The maximum atomic E-state index is 12.2. The van der Waals surface area contributed by atoms with E-state index >= 15 is 0 Å². The number of nitrogens with zero attached hydrogens (tertiary/aromatic N) is 3. The highest BCUT2D eigenvalue weighted by Gasteiger charge is 2.16. The summed E-state index contributed by atoms with van der Waals surface area (Å²) in [6.45, 7) is 0. The highest BCUT2D eigenvalue weighted by molar-refractivity contribution is 8.14. The predicted octanol–water partition coefficient (Wildman–Crippen LogP) is 3.59. The summed E-state index contributed by atoms with van der Waals surface area (Å²) in [5.41, 5.74) is 0.887. The first-order valence-corrected chi connectivity index (χ1v) is 7.83. The molecule has 0 saturated carbocycles. The zero-order chi connectivity index (χ0) is 17.8. The third kappa shape index (κ3) is 3.83. The smallest absolute Gasteiger partial charge is 0.284 e. The monoisotopic (exact) mass is 357 g/mol. The number of hydrogen-bond acceptors (Lipinski definition) is 8. The van der Waals surface area contributed by atoms with E-state index in [4.69, 9.17) is 9.15 Å². The van der Waals surface area contributed by atoms with Crippen LogP contribution in [0.5, 0.6) is 5.75 Å². The van der Waals surface area contributed by atoms with Crippen molar-refractivity contribution in [2.75, 3.05) is 7.11 Å². The number of rotatable bonds is 5. The maximum absolute atomic E-state index is 12.2. The summed E-state index contributed by atoms with van der Waals surface area (Å²) in [4.78, 5) is 22.3. The zero-order valence-corrected chi connectivity index (χ0v) is 13.7. The van der Waals surface area contributed by atoms with Crippen molar-refractivity contribution < 1.29 is 18.9 Å². The van der Waals surface area contributed by atoms with Crippen LogP contribution in [0.4, 0.5) is 5.69 Å². The Morgan fingerprint density at radius 3 is 2.64 bits per heavy atom. The van der Waals surface area contributed by atoms with Gasteiger partial charge in [-0.3, -0.25) is 14.9 Å². The van der Waals surface area contributed by atoms with Crippen LogP contribution in [0, 0.1) is 10.1 Å². The molecule has 0 radical (unpaired) electrons. The Bertz CT molecular complexity index is 924. The van der Waals surface area contributed by atoms with Crippen molar-refractivity contribution >= 4 is 22.6 Å². The molecular weight excluding hydrogens is 346 g/mol. The van der Waals surface area contributed by atoms with Gasteiger partial charge in [0.05, 0.1) is 12.0 Å². The Kier molecular flexibility index (Phi) is 4.75. The maximum Gasteiger partial charge on any atom is 0.284 e. The van der Waals surface area contributed by atoms with E-state index in [9.17, 15) is 14.9 Å². The van der Waals surface area contributed by atoms with Crippen LogP contribution in [0.2, 0.25) is 0 Å². The van der Waals surface area contributed by atoms with E-state index in [0.717, 1.165) is 11.8 Å². The highest BCUT2D eigenvalue weighted by atomic mass is 32.2. The second kappa shape index (κ2) is 7.14. The number of carbonyl (C=O) groups is 1. The Hall–Kier alpha value is -3.20. The summed E-state index contributed by atoms with van der Waals surface area (Å²) in [6.07, 6.45) is 0. The molecule has 0 bridgehead atoms. The normalized spacial score (nSPS) is 10.4. The molecule has 8 nitrogen and oxygen atoms in total. The van der Waals surface area contributed by atoms with Crippen molar-refractivity contribution in [2.45, 2.75) is 5.22 Å². The molecule has 0 aliphatic rings. The number of methoxy groups -OCH3 is 1. The minimum absolute atomic E-state index is 0.0837. The van der Waals surface area contributed by atoms with Crippen LogP contribution in [0.15, 0.2) is 58.2 Å². The summed E-state index contributed by atoms with van der Waals surface area (Å²) >= 11 is 0.756. The number of benzene rings is 2. The Balaban J connectivity index is 1.74. The van der Waals surface area contributed by atoms with Gasteiger partial charge in [-0.25, -0.2) is 0 Å². The second-order valence-electron chi connectivity index (χ2n) is 4.80. The number of nitro groups is 1. The van der Waals surface area contributed by atoms with E-state index in [0.29, 0.717) is 16.9 Å². The molecule has 1 aromatic heterocycles. The van der Waals surface area contributed by atoms with Crippen LogP contribution in [0.3, 0.4) is 0 Å². The average Bonchev–Trinajstić information content (AvgIpc) is 3.10. The lowest BCUT2D eigenvalue weighted by Gasteiger charge is -2.00. The van der Waals surface area contributed by atoms with Crippen LogP contribution >= 0.6 is 11.8 Å². The molecule has 1 heterocycles. The number of nitro benzene ring substituents is 1. The van der Waals surface area contributed by atoms with E-state index in [-0.39, 0.29) is 21.9 Å². The van der Waals surface area contributed by atoms with E-state index in [1.165, 1.54) is 24.3 Å². The standard InChI is InChI=1S/C16H11N3O5S/c1-23-13-4-2-3-11(9-13)14-17-18-16(24-14)25-15(20)10-5-7-12(8-6-10)19(21)22/h2-9H,1H3. The Morgan fingerprint density at radius 2 is 1.96 bits per heavy atom. The highest BCUT2D eigenvalue weighted by Crippen LogP contribution is 2.28. The molecule has 0 fully saturated rings. The van der Waals surface area contributed by atoms with Crippen molar-refractivity contribution in [1.82, 2.24) is 10.2 Å². The summed E-state index contributed by atoms with van der Waals surface area (Å²) < 4.78 is 10.6. The van der Waals surface area contributed by atoms with Gasteiger partial charge in [-0.15, -0.1) is 10.2 Å². The molecular formula is C16H11N3O5S. The molecule has 3 aromatic rings. The molecule has 0 spiro atoms. The number of non-ortho nitro benzene ring substituents is 1. The van der Waals surface area contributed by atoms with Crippen molar-refractivity contribution in [1.29, 1.82) is 0 Å². The molecule has 0 unspecified atom stereocenters. The first kappa shape index (κ1) is 16.7. The van der Waals surface area contributed by atoms with Gasteiger partial charge in [0.2, 0.25) is 11.0 Å². The number of ether oxygens (including phenoxy) is 1. The molecule has 0 aliphatic heterocycles. The molecule has 126 valence electrons. The molecule has 0 saturated heterocycles. The van der Waals surface area contributed by atoms with Crippen molar-refractivity contribution in [3.05, 3.63) is 64.2 Å². The van der Waals surface area contributed by atoms with Crippen molar-refractivity contribution in [2.24, 2.45) is 0 Å². The predicted molar refractivity (Wildman–Crippen MR) is 89.6 cm³/mol. The topological polar surface area (TPSA) is 108 Å². The molecule has 0 atom stereocenters. The number of thioether (sulfide) groups is 1. The fourth-order valence-electron chi connectivity index (χ4n) is 1.98. The van der Waals surface area contributed by atoms with Gasteiger partial charge in [0.15, 0.2) is 0 Å². The number of aromatic nitrogens is 2. The average molecular weight is 357 g/mol. The van der Waals surface area contributed by atoms with Crippen molar-refractivity contribution in [3.63, 3.8) is 0 Å². The van der Waals surface area contributed by atoms with Gasteiger partial charge >= 0.3 is 0 Å². The van der Waals surface area contributed by atoms with Crippen LogP contribution in [-0.2, 0) is 0 Å². The fourth-order valence-corrected chi connectivity index (χ4v) is 2.60. The van der Waals surface area contributed by atoms with Crippen molar-refractivity contribution in [3.8, 4) is 17.2 Å². The largest absolute Gasteiger partial charge is 0.497 e.